The van der Waals surface area contributed by atoms with Crippen LogP contribution in [0.2, 0.25) is 0 Å². The van der Waals surface area contributed by atoms with Gasteiger partial charge in [0, 0.05) is 0 Å². The van der Waals surface area contributed by atoms with E-state index in [-0.39, 0.29) is 0 Å². The van der Waals surface area contributed by atoms with Gasteiger partial charge in [-0.3, -0.25) is 0 Å². The fourth-order valence-electron chi connectivity index (χ4n) is 6.01. The van der Waals surface area contributed by atoms with Gasteiger partial charge in [0.1, 0.15) is 0 Å². The number of rotatable bonds is 4. The van der Waals surface area contributed by atoms with Crippen LogP contribution in [-0.2, 0) is 12.8 Å². The summed E-state index contributed by atoms with van der Waals surface area (Å²) in [4.78, 5) is 0. The zero-order valence-corrected chi connectivity index (χ0v) is 24.1. The number of hydrogen-bond donors (Lipinski definition) is 0. The lowest BCUT2D eigenvalue weighted by Gasteiger charge is -2.09. The molecule has 5 aromatic carbocycles. The summed E-state index contributed by atoms with van der Waals surface area (Å²) in [5.74, 6) is 1.26. The number of benzene rings is 5. The Morgan fingerprint density at radius 3 is 1.55 bits per heavy atom. The van der Waals surface area contributed by atoms with Crippen LogP contribution in [0.25, 0.3) is 45.2 Å². The third-order valence-electron chi connectivity index (χ3n) is 8.47. The van der Waals surface area contributed by atoms with Crippen molar-refractivity contribution < 1.29 is 0 Å². The van der Waals surface area contributed by atoms with E-state index in [9.17, 15) is 0 Å². The molecule has 0 heteroatoms. The fraction of sp³-hybridized carbons (Fsp3) is 0.200. The van der Waals surface area contributed by atoms with Crippen molar-refractivity contribution >= 4 is 22.9 Å². The summed E-state index contributed by atoms with van der Waals surface area (Å²) in [6, 6.07) is 39.4. The lowest BCUT2D eigenvalue weighted by atomic mass is 9.95. The summed E-state index contributed by atoms with van der Waals surface area (Å²) in [7, 11) is 0. The molecule has 5 aromatic rings. The molecule has 0 fully saturated rings. The molecule has 0 aromatic heterocycles. The standard InChI is InChI=1S/C22H20.C18H18/c1-15(2)20-13-18-8-5-9-21(22(18)14-20)19-11-10-16-6-3-4-7-17(16)12-19;1-13(2)16-11-15-9-6-10-17(18(15)12-16)14-7-4-3-5-8-14/h3-12,14-15H,13H2,1-2H3;3-10,12-13H,11H2,1-2H3. The van der Waals surface area contributed by atoms with Gasteiger partial charge in [0.05, 0.1) is 0 Å². The van der Waals surface area contributed by atoms with E-state index in [0.717, 1.165) is 12.8 Å². The summed E-state index contributed by atoms with van der Waals surface area (Å²) < 4.78 is 0. The summed E-state index contributed by atoms with van der Waals surface area (Å²) in [6.07, 6.45) is 7.02. The highest BCUT2D eigenvalue weighted by atomic mass is 14.2. The second-order valence-electron chi connectivity index (χ2n) is 11.8. The largest absolute Gasteiger partial charge is 0.0626 e. The van der Waals surface area contributed by atoms with Crippen LogP contribution in [-0.4, -0.2) is 0 Å². The number of fused-ring (bicyclic) bond motifs is 3. The molecule has 0 amide bonds. The van der Waals surface area contributed by atoms with Gasteiger partial charge in [0.2, 0.25) is 0 Å². The van der Waals surface area contributed by atoms with Gasteiger partial charge in [-0.05, 0) is 86.0 Å². The maximum atomic E-state index is 2.41. The predicted octanol–water partition coefficient (Wildman–Crippen LogP) is 11.1. The molecule has 0 atom stereocenters. The maximum Gasteiger partial charge on any atom is -0.00550 e. The van der Waals surface area contributed by atoms with E-state index < -0.39 is 0 Å². The monoisotopic (exact) mass is 518 g/mol. The van der Waals surface area contributed by atoms with Gasteiger partial charge < -0.3 is 0 Å². The van der Waals surface area contributed by atoms with Gasteiger partial charge >= 0.3 is 0 Å². The Kier molecular flexibility index (Phi) is 7.27. The molecule has 0 saturated heterocycles. The van der Waals surface area contributed by atoms with Crippen molar-refractivity contribution in [3.05, 3.63) is 143 Å². The predicted molar refractivity (Wildman–Crippen MR) is 174 cm³/mol. The first-order valence-electron chi connectivity index (χ1n) is 14.7. The minimum atomic E-state index is 0.622. The van der Waals surface area contributed by atoms with Crippen LogP contribution in [0, 0.1) is 11.8 Å². The average molecular weight is 519 g/mol. The molecular weight excluding hydrogens is 480 g/mol. The molecule has 0 heterocycles. The van der Waals surface area contributed by atoms with Crippen LogP contribution in [0.15, 0.2) is 120 Å². The molecule has 0 N–H and O–H groups in total. The Morgan fingerprint density at radius 2 is 0.975 bits per heavy atom. The van der Waals surface area contributed by atoms with E-state index in [2.05, 4.69) is 149 Å². The van der Waals surface area contributed by atoms with Crippen molar-refractivity contribution in [1.29, 1.82) is 0 Å². The van der Waals surface area contributed by atoms with Gasteiger partial charge in [-0.15, -0.1) is 0 Å². The second-order valence-corrected chi connectivity index (χ2v) is 11.8. The van der Waals surface area contributed by atoms with Crippen molar-refractivity contribution in [3.8, 4) is 22.3 Å². The molecule has 7 rings (SSSR count). The van der Waals surface area contributed by atoms with Crippen LogP contribution in [0.1, 0.15) is 49.9 Å². The molecule has 0 aliphatic heterocycles. The molecule has 0 unspecified atom stereocenters. The molecule has 0 saturated carbocycles. The fourth-order valence-corrected chi connectivity index (χ4v) is 6.01. The van der Waals surface area contributed by atoms with Gasteiger partial charge in [0.25, 0.3) is 0 Å². The van der Waals surface area contributed by atoms with Crippen molar-refractivity contribution in [2.45, 2.75) is 40.5 Å². The highest BCUT2D eigenvalue weighted by molar-refractivity contribution is 5.90. The first-order chi connectivity index (χ1) is 19.5. The van der Waals surface area contributed by atoms with Crippen molar-refractivity contribution in [2.75, 3.05) is 0 Å². The van der Waals surface area contributed by atoms with Crippen LogP contribution in [0.5, 0.6) is 0 Å². The maximum absolute atomic E-state index is 2.41. The second kappa shape index (κ2) is 11.1. The third kappa shape index (κ3) is 5.19. The summed E-state index contributed by atoms with van der Waals surface area (Å²) in [6.45, 7) is 9.13. The van der Waals surface area contributed by atoms with Gasteiger partial charge in [0.15, 0.2) is 0 Å². The van der Waals surface area contributed by atoms with Crippen molar-refractivity contribution in [3.63, 3.8) is 0 Å². The van der Waals surface area contributed by atoms with Crippen LogP contribution < -0.4 is 0 Å². The molecule has 0 nitrogen and oxygen atoms in total. The van der Waals surface area contributed by atoms with Gasteiger partial charge in [-0.2, -0.15) is 0 Å². The topological polar surface area (TPSA) is 0 Å². The van der Waals surface area contributed by atoms with E-state index >= 15 is 0 Å². The van der Waals surface area contributed by atoms with Gasteiger partial charge in [-0.1, -0.05) is 154 Å². The molecule has 198 valence electrons. The molecule has 2 aliphatic rings. The van der Waals surface area contributed by atoms with Crippen LogP contribution in [0.3, 0.4) is 0 Å². The Hall–Kier alpha value is -4.16. The summed E-state index contributed by atoms with van der Waals surface area (Å²) >= 11 is 0. The normalized spacial score (nSPS) is 13.6. The van der Waals surface area contributed by atoms with E-state index in [1.54, 1.807) is 11.1 Å². The Balaban J connectivity index is 0.000000148. The minimum Gasteiger partial charge on any atom is -0.0626 e. The minimum absolute atomic E-state index is 0.622. The zero-order chi connectivity index (χ0) is 27.6. The Labute approximate surface area is 239 Å². The van der Waals surface area contributed by atoms with E-state index in [0.29, 0.717) is 11.8 Å². The third-order valence-corrected chi connectivity index (χ3v) is 8.47. The highest BCUT2D eigenvalue weighted by Crippen LogP contribution is 2.38. The molecule has 40 heavy (non-hydrogen) atoms. The molecular formula is C40H38. The van der Waals surface area contributed by atoms with Crippen LogP contribution >= 0.6 is 0 Å². The lowest BCUT2D eigenvalue weighted by Crippen LogP contribution is -1.92. The van der Waals surface area contributed by atoms with Crippen molar-refractivity contribution in [2.24, 2.45) is 11.8 Å². The lowest BCUT2D eigenvalue weighted by molar-refractivity contribution is 0.754. The van der Waals surface area contributed by atoms with Gasteiger partial charge in [-0.25, -0.2) is 0 Å². The van der Waals surface area contributed by atoms with Crippen LogP contribution in [0.4, 0.5) is 0 Å². The zero-order valence-electron chi connectivity index (χ0n) is 24.1. The molecule has 2 aliphatic carbocycles. The smallest absolute Gasteiger partial charge is 0.00550 e. The van der Waals surface area contributed by atoms with Crippen molar-refractivity contribution in [1.82, 2.24) is 0 Å². The Bertz CT molecular complexity index is 1730. The number of allylic oxidation sites excluding steroid dienone is 2. The van der Waals surface area contributed by atoms with E-state index in [1.807, 2.05) is 0 Å². The Morgan fingerprint density at radius 1 is 0.450 bits per heavy atom. The highest BCUT2D eigenvalue weighted by Gasteiger charge is 2.19. The molecule has 0 spiro atoms. The first kappa shape index (κ1) is 26.1. The SMILES string of the molecule is CC(C)C1=Cc2c(cccc2-c2ccc3ccccc3c2)C1.CC(C)C1=Cc2c(cccc2-c2ccccc2)C1. The average Bonchev–Trinajstić information content (AvgIpc) is 3.63. The molecule has 0 bridgehead atoms. The first-order valence-corrected chi connectivity index (χ1v) is 14.7. The quantitative estimate of drug-likeness (QED) is 0.222. The van der Waals surface area contributed by atoms with E-state index in [4.69, 9.17) is 0 Å². The summed E-state index contributed by atoms with van der Waals surface area (Å²) in [5.41, 5.74) is 14.2. The van der Waals surface area contributed by atoms with E-state index in [1.165, 1.54) is 55.3 Å². The number of hydrogen-bond acceptors (Lipinski definition) is 0. The molecule has 0 radical (unpaired) electrons. The summed E-state index contributed by atoms with van der Waals surface area (Å²) in [5, 5.41) is 2.61.